The molecular weight excluding hydrogens is 357 g/mol. The number of anilines is 1. The summed E-state index contributed by atoms with van der Waals surface area (Å²) < 4.78 is 21.6. The van der Waals surface area contributed by atoms with Gasteiger partial charge in [-0.05, 0) is 70.1 Å². The molecule has 0 aliphatic carbocycles. The molecule has 3 heterocycles. The number of nitrogens with one attached hydrogen (secondary N) is 1. The summed E-state index contributed by atoms with van der Waals surface area (Å²) >= 11 is 0. The highest BCUT2D eigenvalue weighted by atomic mass is 19.1. The van der Waals surface area contributed by atoms with Crippen LogP contribution < -0.4 is 10.1 Å². The molecule has 1 aromatic carbocycles. The summed E-state index contributed by atoms with van der Waals surface area (Å²) in [4.78, 5) is 7.17. The fourth-order valence-electron chi connectivity index (χ4n) is 3.65. The van der Waals surface area contributed by atoms with Crippen molar-refractivity contribution in [2.75, 3.05) is 38.1 Å². The van der Waals surface area contributed by atoms with Crippen molar-refractivity contribution in [3.05, 3.63) is 42.5 Å². The molecule has 3 aromatic rings. The predicted molar refractivity (Wildman–Crippen MR) is 108 cm³/mol. The van der Waals surface area contributed by atoms with Crippen LogP contribution in [0.1, 0.15) is 26.2 Å². The first-order valence-corrected chi connectivity index (χ1v) is 9.98. The third kappa shape index (κ3) is 4.09. The Morgan fingerprint density at radius 1 is 1.18 bits per heavy atom. The van der Waals surface area contributed by atoms with Crippen molar-refractivity contribution in [3.63, 3.8) is 0 Å². The Kier molecular flexibility index (Phi) is 5.71. The molecule has 7 heteroatoms. The molecule has 1 N–H and O–H groups in total. The monoisotopic (exact) mass is 383 g/mol. The number of likely N-dealkylation sites (tertiary alicyclic amines) is 1. The molecule has 0 spiro atoms. The molecule has 1 aliphatic heterocycles. The molecule has 6 nitrogen and oxygen atoms in total. The highest BCUT2D eigenvalue weighted by Gasteiger charge is 2.14. The molecule has 2 aromatic heterocycles. The van der Waals surface area contributed by atoms with Gasteiger partial charge in [0.15, 0.2) is 5.65 Å². The molecule has 148 valence electrons. The van der Waals surface area contributed by atoms with E-state index in [9.17, 15) is 4.39 Å². The second-order valence-electron chi connectivity index (χ2n) is 7.04. The Morgan fingerprint density at radius 3 is 2.86 bits per heavy atom. The minimum Gasteiger partial charge on any atom is -0.494 e. The summed E-state index contributed by atoms with van der Waals surface area (Å²) in [7, 11) is 0. The van der Waals surface area contributed by atoms with Crippen molar-refractivity contribution in [2.45, 2.75) is 26.2 Å². The molecule has 28 heavy (non-hydrogen) atoms. The maximum Gasteiger partial charge on any atom is 0.165 e. The lowest BCUT2D eigenvalue weighted by Gasteiger charge is -2.14. The quantitative estimate of drug-likeness (QED) is 0.599. The van der Waals surface area contributed by atoms with Gasteiger partial charge in [0.25, 0.3) is 0 Å². The minimum absolute atomic E-state index is 0.316. The van der Waals surface area contributed by atoms with Crippen LogP contribution in [0.25, 0.3) is 16.8 Å². The van der Waals surface area contributed by atoms with Gasteiger partial charge in [-0.15, -0.1) is 0 Å². The van der Waals surface area contributed by atoms with E-state index in [1.807, 2.05) is 19.2 Å². The lowest BCUT2D eigenvalue weighted by atomic mass is 10.1. The zero-order valence-electron chi connectivity index (χ0n) is 16.2. The molecule has 1 aliphatic rings. The number of benzene rings is 1. The van der Waals surface area contributed by atoms with Crippen LogP contribution in [0.2, 0.25) is 0 Å². The lowest BCUT2D eigenvalue weighted by Crippen LogP contribution is -2.22. The average Bonchev–Trinajstić information content (AvgIpc) is 3.36. The van der Waals surface area contributed by atoms with Crippen LogP contribution in [0.15, 0.2) is 36.7 Å². The zero-order chi connectivity index (χ0) is 19.3. The van der Waals surface area contributed by atoms with Crippen molar-refractivity contribution >= 4 is 11.5 Å². The van der Waals surface area contributed by atoms with Crippen molar-refractivity contribution in [3.8, 4) is 16.9 Å². The van der Waals surface area contributed by atoms with Crippen LogP contribution in [0.3, 0.4) is 0 Å². The summed E-state index contributed by atoms with van der Waals surface area (Å²) in [6.07, 6.45) is 7.20. The van der Waals surface area contributed by atoms with Gasteiger partial charge in [-0.3, -0.25) is 0 Å². The highest BCUT2D eigenvalue weighted by Crippen LogP contribution is 2.30. The van der Waals surface area contributed by atoms with E-state index in [2.05, 4.69) is 20.3 Å². The number of hydrogen-bond donors (Lipinski definition) is 1. The fourth-order valence-corrected chi connectivity index (χ4v) is 3.65. The van der Waals surface area contributed by atoms with E-state index in [0.29, 0.717) is 29.1 Å². The first-order chi connectivity index (χ1) is 13.7. The summed E-state index contributed by atoms with van der Waals surface area (Å²) in [5, 5.41) is 7.69. The zero-order valence-corrected chi connectivity index (χ0v) is 16.2. The van der Waals surface area contributed by atoms with Crippen LogP contribution in [-0.2, 0) is 0 Å². The first-order valence-electron chi connectivity index (χ1n) is 9.98. The van der Waals surface area contributed by atoms with E-state index in [4.69, 9.17) is 4.74 Å². The van der Waals surface area contributed by atoms with Crippen molar-refractivity contribution in [2.24, 2.45) is 0 Å². The number of rotatable bonds is 8. The first kappa shape index (κ1) is 18.7. The molecule has 1 saturated heterocycles. The molecular formula is C21H26FN5O. The van der Waals surface area contributed by atoms with Crippen LogP contribution in [0.4, 0.5) is 10.2 Å². The number of ether oxygens (including phenoxy) is 1. The molecule has 0 atom stereocenters. The number of aromatic nitrogens is 3. The number of nitrogens with zero attached hydrogens (tertiary/aromatic N) is 4. The van der Waals surface area contributed by atoms with Crippen LogP contribution in [-0.4, -0.2) is 52.3 Å². The third-order valence-corrected chi connectivity index (χ3v) is 5.06. The van der Waals surface area contributed by atoms with Crippen molar-refractivity contribution in [1.29, 1.82) is 0 Å². The van der Waals surface area contributed by atoms with Gasteiger partial charge >= 0.3 is 0 Å². The van der Waals surface area contributed by atoms with Gasteiger partial charge in [0, 0.05) is 23.9 Å². The van der Waals surface area contributed by atoms with Crippen LogP contribution >= 0.6 is 0 Å². The third-order valence-electron chi connectivity index (χ3n) is 5.06. The second-order valence-corrected chi connectivity index (χ2v) is 7.04. The van der Waals surface area contributed by atoms with E-state index >= 15 is 0 Å². The van der Waals surface area contributed by atoms with Crippen molar-refractivity contribution in [1.82, 2.24) is 19.5 Å². The van der Waals surface area contributed by atoms with E-state index in [1.54, 1.807) is 22.8 Å². The summed E-state index contributed by atoms with van der Waals surface area (Å²) in [5.74, 6) is 1.09. The molecule has 1 fully saturated rings. The van der Waals surface area contributed by atoms with Gasteiger partial charge in [-0.25, -0.2) is 13.9 Å². The topological polar surface area (TPSA) is 54.7 Å². The van der Waals surface area contributed by atoms with E-state index in [1.165, 1.54) is 32.0 Å². The predicted octanol–water partition coefficient (Wildman–Crippen LogP) is 3.83. The average molecular weight is 383 g/mol. The van der Waals surface area contributed by atoms with Crippen LogP contribution in [0.5, 0.6) is 5.75 Å². The largest absolute Gasteiger partial charge is 0.494 e. The van der Waals surface area contributed by atoms with Gasteiger partial charge in [0.2, 0.25) is 0 Å². The Hall–Kier alpha value is -2.67. The van der Waals surface area contributed by atoms with Crippen LogP contribution in [0, 0.1) is 5.82 Å². The van der Waals surface area contributed by atoms with Gasteiger partial charge in [0.1, 0.15) is 17.4 Å². The standard InChI is InChI=1S/C21H26FN5O/c1-2-28-16-6-7-19(22)17(14-16)18-15-24-27-13-8-20(25-21(18)27)23-9-5-12-26-10-3-4-11-26/h6-8,13-15H,2-5,9-12H2,1H3,(H,23,25). The number of hydrogen-bond acceptors (Lipinski definition) is 5. The Morgan fingerprint density at radius 2 is 2.04 bits per heavy atom. The minimum atomic E-state index is -0.316. The fraction of sp³-hybridized carbons (Fsp3) is 0.429. The molecule has 0 saturated carbocycles. The van der Waals surface area contributed by atoms with Crippen molar-refractivity contribution < 1.29 is 9.13 Å². The SMILES string of the molecule is CCOc1ccc(F)c(-c2cnn3ccc(NCCCN4CCCC4)nc23)c1. The Labute approximate surface area is 164 Å². The molecule has 0 radical (unpaired) electrons. The lowest BCUT2D eigenvalue weighted by molar-refractivity contribution is 0.337. The van der Waals surface area contributed by atoms with Gasteiger partial charge < -0.3 is 15.0 Å². The smallest absolute Gasteiger partial charge is 0.165 e. The number of fused-ring (bicyclic) bond motifs is 1. The maximum absolute atomic E-state index is 14.5. The van der Waals surface area contributed by atoms with E-state index in [0.717, 1.165) is 25.3 Å². The Balaban J connectivity index is 1.50. The van der Waals surface area contributed by atoms with E-state index in [-0.39, 0.29) is 5.82 Å². The van der Waals surface area contributed by atoms with E-state index < -0.39 is 0 Å². The van der Waals surface area contributed by atoms with Gasteiger partial charge in [-0.2, -0.15) is 5.10 Å². The molecule has 0 unspecified atom stereocenters. The van der Waals surface area contributed by atoms with Gasteiger partial charge in [-0.1, -0.05) is 0 Å². The normalized spacial score (nSPS) is 14.6. The molecule has 0 bridgehead atoms. The molecule has 0 amide bonds. The maximum atomic E-state index is 14.5. The molecule has 4 rings (SSSR count). The van der Waals surface area contributed by atoms with Gasteiger partial charge in [0.05, 0.1) is 12.8 Å². The number of halogens is 1. The summed E-state index contributed by atoms with van der Waals surface area (Å²) in [6, 6.07) is 6.65. The summed E-state index contributed by atoms with van der Waals surface area (Å²) in [6.45, 7) is 6.84. The second kappa shape index (κ2) is 8.56. The highest BCUT2D eigenvalue weighted by molar-refractivity contribution is 5.78. The summed E-state index contributed by atoms with van der Waals surface area (Å²) in [5.41, 5.74) is 1.72. The Bertz CT molecular complexity index is 936.